The van der Waals surface area contributed by atoms with Gasteiger partial charge in [-0.15, -0.1) is 0 Å². The van der Waals surface area contributed by atoms with E-state index in [0.717, 1.165) is 10.8 Å². The van der Waals surface area contributed by atoms with Crippen molar-refractivity contribution in [3.8, 4) is 0 Å². The number of guanidine groups is 1. The van der Waals surface area contributed by atoms with Crippen LogP contribution in [-0.4, -0.2) is 191 Å². The van der Waals surface area contributed by atoms with Gasteiger partial charge in [0.1, 0.15) is 66.5 Å². The molecule has 3 fully saturated rings. The highest BCUT2D eigenvalue weighted by atomic mass is 35.5. The number of aliphatic imine (C=N–C) groups is 1. The normalized spacial score (nSPS) is 21.9. The molecular weight excluding hydrogens is 1400 g/mol. The summed E-state index contributed by atoms with van der Waals surface area (Å²) >= 11 is 6.28. The number of aromatic nitrogens is 1. The van der Waals surface area contributed by atoms with Crippen LogP contribution in [0.3, 0.4) is 0 Å². The number of rotatable bonds is 22. The Morgan fingerprint density at radius 2 is 1.23 bits per heavy atom. The van der Waals surface area contributed by atoms with Crippen LogP contribution in [0.25, 0.3) is 10.8 Å². The Morgan fingerprint density at radius 1 is 0.598 bits per heavy atom. The number of amides is 14. The number of nitrogens with zero attached hydrogens (tertiary/aromatic N) is 3. The average Bonchev–Trinajstić information content (AvgIpc) is 1.76. The number of halogens is 1. The van der Waals surface area contributed by atoms with Crippen molar-refractivity contribution in [3.63, 3.8) is 0 Å². The van der Waals surface area contributed by atoms with Gasteiger partial charge in [0.25, 0.3) is 0 Å². The van der Waals surface area contributed by atoms with Crippen LogP contribution in [0.5, 0.6) is 0 Å². The number of nitrogens with one attached hydrogen (secondary N) is 12. The van der Waals surface area contributed by atoms with E-state index in [1.165, 1.54) is 24.2 Å². The van der Waals surface area contributed by atoms with E-state index in [1.807, 2.05) is 36.4 Å². The second-order valence-electron chi connectivity index (χ2n) is 27.1. The van der Waals surface area contributed by atoms with Gasteiger partial charge in [-0.25, -0.2) is 0 Å². The minimum atomic E-state index is -2.08. The van der Waals surface area contributed by atoms with E-state index in [-0.39, 0.29) is 95.7 Å². The lowest BCUT2D eigenvalue weighted by Gasteiger charge is -2.31. The number of carbonyl (C=O) groups is 14. The summed E-state index contributed by atoms with van der Waals surface area (Å²) in [4.78, 5) is 213. The first-order chi connectivity index (χ1) is 51.2. The molecule has 0 spiro atoms. The molecule has 0 unspecified atom stereocenters. The molecule has 1 aromatic heterocycles. The molecule has 14 amide bonds. The van der Waals surface area contributed by atoms with E-state index in [0.29, 0.717) is 27.3 Å². The average molecular weight is 1490 g/mol. The maximum atomic E-state index is 15.4. The predicted octanol–water partition coefficient (Wildman–Crippen LogP) is -1.58. The van der Waals surface area contributed by atoms with Crippen molar-refractivity contribution in [2.75, 3.05) is 26.2 Å². The fourth-order valence-electron chi connectivity index (χ4n) is 12.7. The van der Waals surface area contributed by atoms with Gasteiger partial charge in [0, 0.05) is 82.6 Å². The Morgan fingerprint density at radius 3 is 1.92 bits per heavy atom. The Balaban J connectivity index is 1.20. The number of hydrogen-bond acceptors (Lipinski definition) is 16. The molecule has 0 aliphatic carbocycles. The highest BCUT2D eigenvalue weighted by Gasteiger charge is 2.42. The number of carbonyl (C=O) groups excluding carboxylic acids is 14. The van der Waals surface area contributed by atoms with Crippen molar-refractivity contribution >= 4 is 111 Å². The van der Waals surface area contributed by atoms with Gasteiger partial charge in [-0.3, -0.25) is 77.1 Å². The highest BCUT2D eigenvalue weighted by Crippen LogP contribution is 2.22. The fraction of sp³-hybridized carbons (Fsp3) is 0.432. The SMILES string of the molecule is CC(=O)N[C@H](Cc1ccc2ccccc2c1)C(=O)N[C@H](Cc1ccc(Cl)cc1)C(=O)N[C@H](Cc1cccnc1)C(=O)N[C@H]1CC(=O)NC[C@@H](C(N)=O)NC(=O)[C@@H]2CCCN2C(=O)[C@@H]2CCNC(=O)[C@@H](Cc3ccccc3)NC(=O)CC[C@H](NC1=O)C(=O)N[C@H](CCCN=C(N)N)C(=O)N[C@@H](CC(C)C)C(=O)N2. The molecule has 11 atom stereocenters. The number of primary amides is 1. The van der Waals surface area contributed by atoms with Gasteiger partial charge in [0.05, 0.1) is 6.42 Å². The first kappa shape index (κ1) is 81.1. The lowest BCUT2D eigenvalue weighted by Crippen LogP contribution is -2.61. The zero-order valence-corrected chi connectivity index (χ0v) is 60.4. The van der Waals surface area contributed by atoms with Crippen molar-refractivity contribution in [1.29, 1.82) is 0 Å². The molecule has 32 nitrogen and oxygen atoms in total. The van der Waals surface area contributed by atoms with Crippen LogP contribution in [0.15, 0.2) is 127 Å². The standard InChI is InChI=1S/C74H93ClN18O14/c1-41(2)32-53-67(101)87-52-27-30-80-64(98)54(34-43-12-5-4-6-13-43)84-61(95)26-25-51(66(100)85-50(65(99)88-53)17-10-29-81-74(77)78)86-71(105)58(38-62(96)82-40-59(63(76)97)92-72(106)60-18-11-31-93(60)73(52)107)91-70(104)57(37-46-14-9-28-79-39-46)90-69(103)56(35-44-20-23-49(75)24-21-44)89-68(102)55(83-42(3)94)36-45-19-22-47-15-7-8-16-48(47)33-45/h4-9,12-16,19-24,28,33,39,41,50-60H,10-11,17-18,25-27,29-32,34-38,40H2,1-3H3,(H2,76,97)(H,80,98)(H,82,96)(H,83,94)(H,84,95)(H,85,100)(H,86,105)(H,87,101)(H,88,99)(H,89,102)(H,90,103)(H,91,104)(H,92,106)(H4,77,78,81)/t50-,51+,52+,53+,54-,55-,56-,57-,58+,59+,60+/m1/s1. The summed E-state index contributed by atoms with van der Waals surface area (Å²) in [7, 11) is 0. The van der Waals surface area contributed by atoms with E-state index >= 15 is 24.0 Å². The fourth-order valence-corrected chi connectivity index (χ4v) is 12.9. The Hall–Kier alpha value is -11.6. The molecule has 3 aliphatic heterocycles. The Labute approximate surface area is 622 Å². The molecule has 570 valence electrons. The molecule has 8 rings (SSSR count). The summed E-state index contributed by atoms with van der Waals surface area (Å²) in [6.45, 7) is 3.61. The summed E-state index contributed by atoms with van der Waals surface area (Å²) in [5.74, 6) is -13.8. The van der Waals surface area contributed by atoms with Crippen LogP contribution in [0.1, 0.15) is 101 Å². The van der Waals surface area contributed by atoms with E-state index in [9.17, 15) is 43.2 Å². The monoisotopic (exact) mass is 1490 g/mol. The largest absolute Gasteiger partial charge is 0.370 e. The summed E-state index contributed by atoms with van der Waals surface area (Å²) in [6.07, 6.45) is -0.368. The van der Waals surface area contributed by atoms with Crippen LogP contribution in [0.4, 0.5) is 0 Å². The van der Waals surface area contributed by atoms with Gasteiger partial charge >= 0.3 is 0 Å². The minimum Gasteiger partial charge on any atom is -0.370 e. The quantitative estimate of drug-likeness (QED) is 0.0161. The first-order valence-corrected chi connectivity index (χ1v) is 35.9. The van der Waals surface area contributed by atoms with E-state index < -0.39 is 175 Å². The number of hydrogen-bond donors (Lipinski definition) is 15. The molecule has 4 aromatic carbocycles. The lowest BCUT2D eigenvalue weighted by molar-refractivity contribution is -0.142. The third-order valence-electron chi connectivity index (χ3n) is 18.2. The Bertz CT molecular complexity index is 4070. The maximum absolute atomic E-state index is 15.4. The third kappa shape index (κ3) is 25.1. The van der Waals surface area contributed by atoms with E-state index in [2.05, 4.69) is 73.8 Å². The zero-order chi connectivity index (χ0) is 77.3. The number of pyridine rings is 1. The zero-order valence-electron chi connectivity index (χ0n) is 59.7. The van der Waals surface area contributed by atoms with E-state index in [1.54, 1.807) is 86.6 Å². The molecule has 107 heavy (non-hydrogen) atoms. The number of nitrogens with two attached hydrogens (primary N) is 3. The van der Waals surface area contributed by atoms with Crippen molar-refractivity contribution in [2.24, 2.45) is 28.1 Å². The third-order valence-corrected chi connectivity index (χ3v) is 18.5. The molecule has 0 radical (unpaired) electrons. The second kappa shape index (κ2) is 39.5. The van der Waals surface area contributed by atoms with Crippen LogP contribution >= 0.6 is 11.6 Å². The summed E-state index contributed by atoms with van der Waals surface area (Å²) in [5.41, 5.74) is 19.2. The molecule has 0 saturated carbocycles. The predicted molar refractivity (Wildman–Crippen MR) is 394 cm³/mol. The van der Waals surface area contributed by atoms with Gasteiger partial charge in [-0.1, -0.05) is 116 Å². The molecule has 5 aromatic rings. The Kier molecular flexibility index (Phi) is 30.0. The maximum Gasteiger partial charge on any atom is 0.245 e. The molecule has 3 saturated heterocycles. The first-order valence-electron chi connectivity index (χ1n) is 35.5. The molecule has 18 N–H and O–H groups in total. The van der Waals surface area contributed by atoms with Gasteiger partial charge in [-0.05, 0) is 102 Å². The summed E-state index contributed by atoms with van der Waals surface area (Å²) in [5, 5.41) is 33.9. The molecule has 33 heteroatoms. The highest BCUT2D eigenvalue weighted by molar-refractivity contribution is 6.30. The van der Waals surface area contributed by atoms with Crippen LogP contribution < -0.4 is 81.0 Å². The van der Waals surface area contributed by atoms with E-state index in [4.69, 9.17) is 28.8 Å². The number of fused-ring (bicyclic) bond motifs is 11. The summed E-state index contributed by atoms with van der Waals surface area (Å²) < 4.78 is 0. The van der Waals surface area contributed by atoms with Gasteiger partial charge in [0.2, 0.25) is 82.7 Å². The minimum absolute atomic E-state index is 0.0205. The van der Waals surface area contributed by atoms with Crippen LogP contribution in [0.2, 0.25) is 5.02 Å². The molecular formula is C74H93ClN18O14. The van der Waals surface area contributed by atoms with Crippen molar-refractivity contribution in [3.05, 3.63) is 149 Å². The number of benzene rings is 4. The van der Waals surface area contributed by atoms with Gasteiger partial charge in [-0.2, -0.15) is 0 Å². The molecule has 4 heterocycles. The molecule has 2 bridgehead atoms. The second-order valence-corrected chi connectivity index (χ2v) is 27.6. The van der Waals surface area contributed by atoms with Crippen molar-refractivity contribution < 1.29 is 67.1 Å². The van der Waals surface area contributed by atoms with Crippen LogP contribution in [-0.2, 0) is 92.8 Å². The van der Waals surface area contributed by atoms with Gasteiger partial charge in [0.15, 0.2) is 5.96 Å². The summed E-state index contributed by atoms with van der Waals surface area (Å²) in [6, 6.07) is 13.9. The topological polar surface area (TPSA) is 490 Å². The molecule has 3 aliphatic rings. The lowest BCUT2D eigenvalue weighted by atomic mass is 9.99. The smallest absolute Gasteiger partial charge is 0.245 e. The van der Waals surface area contributed by atoms with Crippen molar-refractivity contribution in [2.45, 2.75) is 171 Å². The van der Waals surface area contributed by atoms with Crippen molar-refractivity contribution in [1.82, 2.24) is 73.7 Å². The van der Waals surface area contributed by atoms with Gasteiger partial charge < -0.3 is 85.9 Å². The van der Waals surface area contributed by atoms with Crippen LogP contribution in [0, 0.1) is 5.92 Å².